The number of aromatic nitrogens is 2. The third-order valence-corrected chi connectivity index (χ3v) is 6.95. The Balaban J connectivity index is 1.45. The van der Waals surface area contributed by atoms with Gasteiger partial charge in [0.2, 0.25) is 0 Å². The van der Waals surface area contributed by atoms with E-state index in [9.17, 15) is 0 Å². The minimum Gasteiger partial charge on any atom is -0.490 e. The fourth-order valence-electron chi connectivity index (χ4n) is 4.80. The molecule has 1 heterocycles. The Labute approximate surface area is 190 Å². The van der Waals surface area contributed by atoms with Crippen LogP contribution in [0.2, 0.25) is 0 Å². The average molecular weight is 423 g/mol. The lowest BCUT2D eigenvalue weighted by Crippen LogP contribution is -2.20. The van der Waals surface area contributed by atoms with Crippen molar-refractivity contribution >= 4 is 0 Å². The number of hydrogen-bond acceptors (Lipinski definition) is 3. The first-order valence-electron chi connectivity index (χ1n) is 12.7. The number of rotatable bonds is 12. The summed E-state index contributed by atoms with van der Waals surface area (Å²) in [6.07, 6.45) is 19.6. The van der Waals surface area contributed by atoms with E-state index in [-0.39, 0.29) is 0 Å². The lowest BCUT2D eigenvalue weighted by molar-refractivity contribution is 0.177. The minimum absolute atomic E-state index is 0.685. The van der Waals surface area contributed by atoms with Crippen LogP contribution in [0.5, 0.6) is 5.75 Å². The Morgan fingerprint density at radius 3 is 2.23 bits per heavy atom. The van der Waals surface area contributed by atoms with Crippen LogP contribution in [0.4, 0.5) is 0 Å². The molecule has 1 aromatic carbocycles. The summed E-state index contributed by atoms with van der Waals surface area (Å²) in [5, 5.41) is 0. The highest BCUT2D eigenvalue weighted by Gasteiger charge is 2.21. The highest BCUT2D eigenvalue weighted by Crippen LogP contribution is 2.32. The molecule has 3 rings (SSSR count). The molecule has 1 aromatic heterocycles. The largest absolute Gasteiger partial charge is 0.490 e. The fourth-order valence-corrected chi connectivity index (χ4v) is 4.80. The summed E-state index contributed by atoms with van der Waals surface area (Å²) in [5.41, 5.74) is 3.87. The molecule has 31 heavy (non-hydrogen) atoms. The van der Waals surface area contributed by atoms with Gasteiger partial charge in [-0.05, 0) is 61.6 Å². The van der Waals surface area contributed by atoms with Crippen LogP contribution in [-0.4, -0.2) is 16.6 Å². The Morgan fingerprint density at radius 2 is 1.55 bits per heavy atom. The molecule has 170 valence electrons. The predicted molar refractivity (Wildman–Crippen MR) is 131 cm³/mol. The maximum Gasteiger partial charge on any atom is 0.159 e. The van der Waals surface area contributed by atoms with E-state index in [4.69, 9.17) is 4.74 Å². The molecule has 0 aliphatic heterocycles. The Bertz CT molecular complexity index is 763. The van der Waals surface area contributed by atoms with Crippen LogP contribution >= 0.6 is 0 Å². The monoisotopic (exact) mass is 422 g/mol. The number of unbranched alkanes of at least 4 members (excludes halogenated alkanes) is 4. The van der Waals surface area contributed by atoms with Crippen LogP contribution < -0.4 is 4.74 Å². The van der Waals surface area contributed by atoms with Crippen molar-refractivity contribution in [2.45, 2.75) is 97.8 Å². The van der Waals surface area contributed by atoms with E-state index in [1.165, 1.54) is 81.8 Å². The van der Waals surface area contributed by atoms with Crippen molar-refractivity contribution in [2.75, 3.05) is 6.61 Å². The van der Waals surface area contributed by atoms with Crippen molar-refractivity contribution in [3.05, 3.63) is 41.7 Å². The molecule has 2 aromatic rings. The minimum atomic E-state index is 0.685. The zero-order valence-corrected chi connectivity index (χ0v) is 20.0. The number of nitrogens with zero attached hydrogens (tertiary/aromatic N) is 2. The summed E-state index contributed by atoms with van der Waals surface area (Å²) < 4.78 is 6.04. The van der Waals surface area contributed by atoms with E-state index in [2.05, 4.69) is 48.9 Å². The van der Waals surface area contributed by atoms with Crippen molar-refractivity contribution in [1.82, 2.24) is 9.97 Å². The number of aryl methyl sites for hydroxylation is 2. The summed E-state index contributed by atoms with van der Waals surface area (Å²) in [6.45, 7) is 7.54. The summed E-state index contributed by atoms with van der Waals surface area (Å²) in [4.78, 5) is 9.15. The van der Waals surface area contributed by atoms with Gasteiger partial charge < -0.3 is 4.74 Å². The molecule has 3 nitrogen and oxygen atoms in total. The topological polar surface area (TPSA) is 35.0 Å². The van der Waals surface area contributed by atoms with Crippen LogP contribution in [0, 0.1) is 18.8 Å². The summed E-state index contributed by atoms with van der Waals surface area (Å²) in [7, 11) is 0. The highest BCUT2D eigenvalue weighted by atomic mass is 16.5. The summed E-state index contributed by atoms with van der Waals surface area (Å²) in [5.74, 6) is 3.21. The lowest BCUT2D eigenvalue weighted by Gasteiger charge is -2.28. The molecule has 0 amide bonds. The van der Waals surface area contributed by atoms with Crippen LogP contribution in [0.1, 0.15) is 95.6 Å². The predicted octanol–water partition coefficient (Wildman–Crippen LogP) is 7.95. The molecule has 0 unspecified atom stereocenters. The van der Waals surface area contributed by atoms with Crippen molar-refractivity contribution in [3.63, 3.8) is 0 Å². The van der Waals surface area contributed by atoms with Gasteiger partial charge in [0, 0.05) is 5.56 Å². The number of benzene rings is 1. The van der Waals surface area contributed by atoms with E-state index in [1.807, 2.05) is 12.4 Å². The van der Waals surface area contributed by atoms with Crippen LogP contribution in [0.3, 0.4) is 0 Å². The van der Waals surface area contributed by atoms with Crippen molar-refractivity contribution in [3.8, 4) is 17.1 Å². The van der Waals surface area contributed by atoms with E-state index in [0.717, 1.165) is 36.1 Å². The molecule has 1 fully saturated rings. The second kappa shape index (κ2) is 12.8. The normalized spacial score (nSPS) is 18.8. The molecule has 1 aliphatic carbocycles. The van der Waals surface area contributed by atoms with Gasteiger partial charge in [-0.15, -0.1) is 0 Å². The van der Waals surface area contributed by atoms with Gasteiger partial charge in [-0.1, -0.05) is 77.3 Å². The van der Waals surface area contributed by atoms with Gasteiger partial charge in [-0.2, -0.15) is 0 Å². The lowest BCUT2D eigenvalue weighted by atomic mass is 9.80. The average Bonchev–Trinajstić information content (AvgIpc) is 2.80. The fraction of sp³-hybridized carbons (Fsp3) is 0.643. The Morgan fingerprint density at radius 1 is 0.871 bits per heavy atom. The van der Waals surface area contributed by atoms with E-state index in [0.29, 0.717) is 5.92 Å². The van der Waals surface area contributed by atoms with E-state index in [1.54, 1.807) is 0 Å². The first-order chi connectivity index (χ1) is 15.2. The third-order valence-electron chi connectivity index (χ3n) is 6.95. The first kappa shape index (κ1) is 23.8. The van der Waals surface area contributed by atoms with Crippen LogP contribution in [0.15, 0.2) is 30.6 Å². The van der Waals surface area contributed by atoms with Gasteiger partial charge in [0.1, 0.15) is 0 Å². The Hall–Kier alpha value is -1.90. The zero-order chi connectivity index (χ0) is 21.9. The summed E-state index contributed by atoms with van der Waals surface area (Å²) in [6, 6.07) is 6.62. The Kier molecular flexibility index (Phi) is 9.84. The second-order valence-corrected chi connectivity index (χ2v) is 9.53. The quantitative estimate of drug-likeness (QED) is 0.325. The van der Waals surface area contributed by atoms with E-state index < -0.39 is 0 Å². The molecular weight excluding hydrogens is 380 g/mol. The molecule has 0 saturated heterocycles. The molecule has 0 spiro atoms. The van der Waals surface area contributed by atoms with Gasteiger partial charge in [0.05, 0.1) is 19.0 Å². The standard InChI is InChI=1S/C28H42N2O/c1-4-6-8-10-23-12-14-24(15-13-23)21-31-27-19-29-28(30-20-27)26-17-16-25(22(3)18-26)11-9-7-5-2/h16-20,23-24H,4-15,21H2,1-3H3/t23-,24-. The molecule has 0 bridgehead atoms. The van der Waals surface area contributed by atoms with Crippen molar-refractivity contribution in [2.24, 2.45) is 11.8 Å². The molecule has 0 N–H and O–H groups in total. The van der Waals surface area contributed by atoms with Gasteiger partial charge in [-0.3, -0.25) is 0 Å². The molecule has 3 heteroatoms. The number of hydrogen-bond donors (Lipinski definition) is 0. The molecule has 1 saturated carbocycles. The van der Waals surface area contributed by atoms with Gasteiger partial charge in [0.15, 0.2) is 11.6 Å². The highest BCUT2D eigenvalue weighted by molar-refractivity contribution is 5.57. The van der Waals surface area contributed by atoms with Crippen LogP contribution in [-0.2, 0) is 6.42 Å². The van der Waals surface area contributed by atoms with E-state index >= 15 is 0 Å². The number of ether oxygens (including phenoxy) is 1. The van der Waals surface area contributed by atoms with Crippen molar-refractivity contribution in [1.29, 1.82) is 0 Å². The van der Waals surface area contributed by atoms with Gasteiger partial charge in [-0.25, -0.2) is 9.97 Å². The first-order valence-corrected chi connectivity index (χ1v) is 12.7. The van der Waals surface area contributed by atoms with Crippen molar-refractivity contribution < 1.29 is 4.74 Å². The smallest absolute Gasteiger partial charge is 0.159 e. The van der Waals surface area contributed by atoms with Gasteiger partial charge in [0.25, 0.3) is 0 Å². The third kappa shape index (κ3) is 7.63. The van der Waals surface area contributed by atoms with Gasteiger partial charge >= 0.3 is 0 Å². The summed E-state index contributed by atoms with van der Waals surface area (Å²) >= 11 is 0. The maximum absolute atomic E-state index is 6.04. The zero-order valence-electron chi connectivity index (χ0n) is 20.0. The van der Waals surface area contributed by atoms with Crippen LogP contribution in [0.25, 0.3) is 11.4 Å². The second-order valence-electron chi connectivity index (χ2n) is 9.53. The molecule has 0 radical (unpaired) electrons. The molecular formula is C28H42N2O. The SMILES string of the molecule is CCCCCc1ccc(-c2ncc(OC[C@H]3CC[C@H](CCCCC)CC3)cn2)cc1C. The molecule has 0 atom stereocenters. The molecule has 1 aliphatic rings. The maximum atomic E-state index is 6.04.